The lowest BCUT2D eigenvalue weighted by molar-refractivity contribution is 0.103. The highest BCUT2D eigenvalue weighted by molar-refractivity contribution is 7.89. The summed E-state index contributed by atoms with van der Waals surface area (Å²) in [6.45, 7) is 8.56. The van der Waals surface area contributed by atoms with Gasteiger partial charge in [0.1, 0.15) is 4.88 Å². The van der Waals surface area contributed by atoms with Crippen LogP contribution in [0.2, 0.25) is 0 Å². The lowest BCUT2D eigenvalue weighted by Crippen LogP contribution is -2.46. The van der Waals surface area contributed by atoms with E-state index >= 15 is 0 Å². The summed E-state index contributed by atoms with van der Waals surface area (Å²) in [7, 11) is -1.53. The van der Waals surface area contributed by atoms with Crippen molar-refractivity contribution in [2.75, 3.05) is 38.5 Å². The molecular formula is C19H26N4O3S2. The third kappa shape index (κ3) is 4.60. The van der Waals surface area contributed by atoms with Crippen LogP contribution in [-0.4, -0.2) is 61.7 Å². The van der Waals surface area contributed by atoms with E-state index in [1.54, 1.807) is 18.3 Å². The first-order chi connectivity index (χ1) is 13.1. The summed E-state index contributed by atoms with van der Waals surface area (Å²) in [6.07, 6.45) is 1.58. The van der Waals surface area contributed by atoms with Crippen LogP contribution in [0.3, 0.4) is 0 Å². The molecule has 1 amide bonds. The number of likely N-dealkylation sites (N-methyl/N-ethyl adjacent to an activating group) is 1. The molecule has 1 aromatic carbocycles. The van der Waals surface area contributed by atoms with E-state index in [4.69, 9.17) is 0 Å². The maximum atomic E-state index is 12.8. The summed E-state index contributed by atoms with van der Waals surface area (Å²) >= 11 is 1.36. The highest BCUT2D eigenvalue weighted by Gasteiger charge is 2.27. The Labute approximate surface area is 170 Å². The molecule has 1 aromatic heterocycles. The van der Waals surface area contributed by atoms with Gasteiger partial charge in [-0.15, -0.1) is 11.3 Å². The van der Waals surface area contributed by atoms with Crippen molar-refractivity contribution in [1.29, 1.82) is 0 Å². The van der Waals surface area contributed by atoms with Gasteiger partial charge >= 0.3 is 0 Å². The number of carbonyl (C=O) groups is 1. The number of aromatic nitrogens is 1. The van der Waals surface area contributed by atoms with Gasteiger partial charge in [0.15, 0.2) is 0 Å². The van der Waals surface area contributed by atoms with E-state index < -0.39 is 10.0 Å². The molecule has 1 aliphatic rings. The quantitative estimate of drug-likeness (QED) is 0.819. The van der Waals surface area contributed by atoms with E-state index in [0.29, 0.717) is 23.7 Å². The summed E-state index contributed by atoms with van der Waals surface area (Å²) < 4.78 is 27.0. The second-order valence-electron chi connectivity index (χ2n) is 7.97. The van der Waals surface area contributed by atoms with E-state index in [1.807, 2.05) is 27.8 Å². The van der Waals surface area contributed by atoms with E-state index in [1.165, 1.54) is 27.8 Å². The van der Waals surface area contributed by atoms with E-state index in [0.717, 1.165) is 18.1 Å². The molecule has 0 saturated carbocycles. The van der Waals surface area contributed by atoms with Gasteiger partial charge in [-0.3, -0.25) is 4.79 Å². The summed E-state index contributed by atoms with van der Waals surface area (Å²) in [4.78, 5) is 19.6. The van der Waals surface area contributed by atoms with Crippen molar-refractivity contribution in [3.8, 4) is 0 Å². The number of carbonyl (C=O) groups excluding carboxylic acids is 1. The zero-order valence-electron chi connectivity index (χ0n) is 16.6. The SMILES string of the molecule is CN1CCN(S(=O)(=O)c2ccc(NC(=O)c3cnc(C(C)(C)C)s3)cc2)CC1. The molecule has 0 unspecified atom stereocenters. The average molecular weight is 423 g/mol. The summed E-state index contributed by atoms with van der Waals surface area (Å²) in [5.41, 5.74) is 0.440. The van der Waals surface area contributed by atoms with Crippen LogP contribution in [0, 0.1) is 0 Å². The standard InChI is InChI=1S/C19H26N4O3S2/c1-19(2,3)18-20-13-16(27-18)17(24)21-14-5-7-15(8-6-14)28(25,26)23-11-9-22(4)10-12-23/h5-8,13H,9-12H2,1-4H3,(H,21,24). The summed E-state index contributed by atoms with van der Waals surface area (Å²) in [5, 5.41) is 3.70. The lowest BCUT2D eigenvalue weighted by atomic mass is 9.98. The fraction of sp³-hybridized carbons (Fsp3) is 0.474. The van der Waals surface area contributed by atoms with Crippen molar-refractivity contribution in [3.05, 3.63) is 40.3 Å². The highest BCUT2D eigenvalue weighted by Crippen LogP contribution is 2.27. The monoisotopic (exact) mass is 422 g/mol. The second kappa shape index (κ2) is 7.90. The first-order valence-electron chi connectivity index (χ1n) is 9.14. The molecule has 1 saturated heterocycles. The van der Waals surface area contributed by atoms with E-state index in [2.05, 4.69) is 15.2 Å². The van der Waals surface area contributed by atoms with Gasteiger partial charge in [0.05, 0.1) is 16.1 Å². The fourth-order valence-corrected chi connectivity index (χ4v) is 5.10. The molecule has 28 heavy (non-hydrogen) atoms. The Morgan fingerprint density at radius 3 is 2.25 bits per heavy atom. The predicted molar refractivity (Wildman–Crippen MR) is 111 cm³/mol. The molecule has 0 spiro atoms. The number of nitrogens with zero attached hydrogens (tertiary/aromatic N) is 3. The van der Waals surface area contributed by atoms with Gasteiger partial charge in [-0.25, -0.2) is 13.4 Å². The maximum Gasteiger partial charge on any atom is 0.267 e. The molecule has 0 bridgehead atoms. The van der Waals surface area contributed by atoms with Crippen LogP contribution in [0.5, 0.6) is 0 Å². The van der Waals surface area contributed by atoms with Gasteiger partial charge in [-0.2, -0.15) is 4.31 Å². The van der Waals surface area contributed by atoms with Gasteiger partial charge in [-0.1, -0.05) is 20.8 Å². The van der Waals surface area contributed by atoms with Crippen molar-refractivity contribution in [2.24, 2.45) is 0 Å². The number of thiazole rings is 1. The topological polar surface area (TPSA) is 82.6 Å². The molecule has 0 radical (unpaired) electrons. The Bertz CT molecular complexity index is 938. The molecule has 9 heteroatoms. The van der Waals surface area contributed by atoms with Crippen molar-refractivity contribution in [1.82, 2.24) is 14.2 Å². The number of rotatable bonds is 4. The molecule has 3 rings (SSSR count). The Hall–Kier alpha value is -1.81. The Morgan fingerprint density at radius 1 is 1.11 bits per heavy atom. The van der Waals surface area contributed by atoms with Crippen LogP contribution in [0.25, 0.3) is 0 Å². The number of anilines is 1. The number of hydrogen-bond acceptors (Lipinski definition) is 6. The third-order valence-electron chi connectivity index (χ3n) is 4.58. The average Bonchev–Trinajstić information content (AvgIpc) is 3.13. The summed E-state index contributed by atoms with van der Waals surface area (Å²) in [5.74, 6) is -0.248. The zero-order chi connectivity index (χ0) is 20.5. The molecule has 7 nitrogen and oxygen atoms in total. The lowest BCUT2D eigenvalue weighted by Gasteiger charge is -2.31. The third-order valence-corrected chi connectivity index (χ3v) is 7.92. The molecule has 2 heterocycles. The maximum absolute atomic E-state index is 12.8. The van der Waals surface area contributed by atoms with Crippen LogP contribution in [0.4, 0.5) is 5.69 Å². The first-order valence-corrected chi connectivity index (χ1v) is 11.4. The highest BCUT2D eigenvalue weighted by atomic mass is 32.2. The van der Waals surface area contributed by atoms with Crippen molar-refractivity contribution in [2.45, 2.75) is 31.1 Å². The zero-order valence-corrected chi connectivity index (χ0v) is 18.2. The fourth-order valence-electron chi connectivity index (χ4n) is 2.81. The number of sulfonamides is 1. The van der Waals surface area contributed by atoms with Gasteiger partial charge in [0.25, 0.3) is 5.91 Å². The number of hydrogen-bond donors (Lipinski definition) is 1. The number of nitrogens with one attached hydrogen (secondary N) is 1. The van der Waals surface area contributed by atoms with Gasteiger partial charge in [0, 0.05) is 37.3 Å². The Morgan fingerprint density at radius 2 is 1.71 bits per heavy atom. The second-order valence-corrected chi connectivity index (χ2v) is 10.9. The van der Waals surface area contributed by atoms with Crippen LogP contribution < -0.4 is 5.32 Å². The Balaban J connectivity index is 1.69. The minimum Gasteiger partial charge on any atom is -0.321 e. The van der Waals surface area contributed by atoms with Crippen molar-refractivity contribution in [3.63, 3.8) is 0 Å². The minimum absolute atomic E-state index is 0.109. The molecule has 0 atom stereocenters. The van der Waals surface area contributed by atoms with Crippen LogP contribution >= 0.6 is 11.3 Å². The molecule has 1 aliphatic heterocycles. The van der Waals surface area contributed by atoms with Crippen LogP contribution in [0.15, 0.2) is 35.4 Å². The summed E-state index contributed by atoms with van der Waals surface area (Å²) in [6, 6.07) is 6.31. The molecule has 152 valence electrons. The Kier molecular flexibility index (Phi) is 5.90. The largest absolute Gasteiger partial charge is 0.321 e. The van der Waals surface area contributed by atoms with Crippen LogP contribution in [0.1, 0.15) is 35.5 Å². The first kappa shape index (κ1) is 20.9. The van der Waals surface area contributed by atoms with E-state index in [9.17, 15) is 13.2 Å². The van der Waals surface area contributed by atoms with Crippen molar-refractivity contribution < 1.29 is 13.2 Å². The smallest absolute Gasteiger partial charge is 0.267 e. The molecule has 2 aromatic rings. The number of amides is 1. The number of benzene rings is 1. The van der Waals surface area contributed by atoms with Gasteiger partial charge < -0.3 is 10.2 Å². The minimum atomic E-state index is -3.51. The number of piperazine rings is 1. The molecule has 1 fully saturated rings. The molecule has 1 N–H and O–H groups in total. The van der Waals surface area contributed by atoms with E-state index in [-0.39, 0.29) is 16.2 Å². The van der Waals surface area contributed by atoms with Crippen LogP contribution in [-0.2, 0) is 15.4 Å². The molecule has 0 aliphatic carbocycles. The van der Waals surface area contributed by atoms with Gasteiger partial charge in [-0.05, 0) is 31.3 Å². The van der Waals surface area contributed by atoms with Crippen molar-refractivity contribution >= 4 is 33.0 Å². The normalized spacial score (nSPS) is 16.9. The molecular weight excluding hydrogens is 396 g/mol. The van der Waals surface area contributed by atoms with Gasteiger partial charge in [0.2, 0.25) is 10.0 Å². The predicted octanol–water partition coefficient (Wildman–Crippen LogP) is 2.63.